The number of terminal acetylenes is 1. The van der Waals surface area contributed by atoms with Gasteiger partial charge >= 0.3 is 0 Å². The van der Waals surface area contributed by atoms with Crippen molar-refractivity contribution in [1.29, 1.82) is 0 Å². The average Bonchev–Trinajstić information content (AvgIpc) is 2.33. The summed E-state index contributed by atoms with van der Waals surface area (Å²) in [7, 11) is -3.31. The predicted octanol–water partition coefficient (Wildman–Crippen LogP) is 2.05. The first-order valence-electron chi connectivity index (χ1n) is 6.03. The summed E-state index contributed by atoms with van der Waals surface area (Å²) < 4.78 is 37.3. The van der Waals surface area contributed by atoms with Gasteiger partial charge in [0.15, 0.2) is 9.84 Å². The van der Waals surface area contributed by atoms with Crippen LogP contribution in [0.15, 0.2) is 23.1 Å². The Morgan fingerprint density at radius 3 is 2.79 bits per heavy atom. The number of benzene rings is 1. The second-order valence-electron chi connectivity index (χ2n) is 5.26. The van der Waals surface area contributed by atoms with Crippen LogP contribution in [0.4, 0.5) is 4.39 Å². The normalized spacial score (nSPS) is 21.5. The molecule has 0 fully saturated rings. The molecule has 1 heterocycles. The predicted molar refractivity (Wildman–Crippen MR) is 71.9 cm³/mol. The van der Waals surface area contributed by atoms with Crippen molar-refractivity contribution in [3.63, 3.8) is 0 Å². The number of hydrogen-bond donors (Lipinski definition) is 1. The molecule has 0 radical (unpaired) electrons. The van der Waals surface area contributed by atoms with Gasteiger partial charge in [-0.3, -0.25) is 5.32 Å². The van der Waals surface area contributed by atoms with Gasteiger partial charge in [-0.2, -0.15) is 0 Å². The van der Waals surface area contributed by atoms with Crippen molar-refractivity contribution in [1.82, 2.24) is 5.32 Å². The molecule has 0 spiro atoms. The van der Waals surface area contributed by atoms with E-state index in [0.29, 0.717) is 12.0 Å². The van der Waals surface area contributed by atoms with E-state index in [2.05, 4.69) is 11.2 Å². The van der Waals surface area contributed by atoms with Gasteiger partial charge in [0.05, 0.1) is 16.2 Å². The van der Waals surface area contributed by atoms with Crippen LogP contribution in [0.2, 0.25) is 0 Å². The molecule has 1 aromatic rings. The second kappa shape index (κ2) is 4.62. The summed E-state index contributed by atoms with van der Waals surface area (Å²) in [6, 6.07) is 3.53. The van der Waals surface area contributed by atoms with Crippen LogP contribution in [0.3, 0.4) is 0 Å². The molecular formula is C14H16FNO2S. The molecule has 2 rings (SSSR count). The lowest BCUT2D eigenvalue weighted by Crippen LogP contribution is -2.42. The standard InChI is InChI=1S/C14H16FNO2S/c1-4-14(2,3)16-12-7-8-19(17,18)13-6-5-10(15)9-11(12)13/h1,5-6,9,12,16H,7-8H2,2-3H3. The highest BCUT2D eigenvalue weighted by Crippen LogP contribution is 2.33. The van der Waals surface area contributed by atoms with E-state index in [0.717, 1.165) is 0 Å². The molecule has 0 aromatic heterocycles. The fraction of sp³-hybridized carbons (Fsp3) is 0.429. The second-order valence-corrected chi connectivity index (χ2v) is 7.33. The third-order valence-corrected chi connectivity index (χ3v) is 5.07. The monoisotopic (exact) mass is 281 g/mol. The van der Waals surface area contributed by atoms with Gasteiger partial charge in [-0.15, -0.1) is 6.42 Å². The fourth-order valence-corrected chi connectivity index (χ4v) is 3.84. The number of sulfone groups is 1. The molecule has 102 valence electrons. The molecule has 0 saturated heterocycles. The van der Waals surface area contributed by atoms with Crippen molar-refractivity contribution in [2.24, 2.45) is 0 Å². The lowest BCUT2D eigenvalue weighted by atomic mass is 9.98. The SMILES string of the molecule is C#CC(C)(C)NC1CCS(=O)(=O)c2ccc(F)cc21. The zero-order valence-corrected chi connectivity index (χ0v) is 11.7. The largest absolute Gasteiger partial charge is 0.295 e. The van der Waals surface area contributed by atoms with Gasteiger partial charge in [0.25, 0.3) is 0 Å². The molecule has 0 saturated carbocycles. The van der Waals surface area contributed by atoms with Crippen molar-refractivity contribution in [2.45, 2.75) is 36.7 Å². The summed E-state index contributed by atoms with van der Waals surface area (Å²) in [5.41, 5.74) is -0.107. The van der Waals surface area contributed by atoms with Crippen molar-refractivity contribution >= 4 is 9.84 Å². The van der Waals surface area contributed by atoms with Gasteiger partial charge in [-0.05, 0) is 44.0 Å². The van der Waals surface area contributed by atoms with Crippen molar-refractivity contribution in [3.05, 3.63) is 29.6 Å². The minimum atomic E-state index is -3.31. The number of halogens is 1. The zero-order chi connectivity index (χ0) is 14.3. The zero-order valence-electron chi connectivity index (χ0n) is 10.9. The Balaban J connectivity index is 2.47. The summed E-state index contributed by atoms with van der Waals surface area (Å²) in [5.74, 6) is 2.20. The van der Waals surface area contributed by atoms with Gasteiger partial charge < -0.3 is 0 Å². The van der Waals surface area contributed by atoms with Gasteiger partial charge in [0.1, 0.15) is 5.82 Å². The van der Waals surface area contributed by atoms with Crippen LogP contribution in [0.5, 0.6) is 0 Å². The van der Waals surface area contributed by atoms with Crippen LogP contribution in [-0.4, -0.2) is 19.7 Å². The van der Waals surface area contributed by atoms with Gasteiger partial charge in [-0.1, -0.05) is 5.92 Å². The Morgan fingerprint density at radius 2 is 2.16 bits per heavy atom. The van der Waals surface area contributed by atoms with Crippen LogP contribution in [-0.2, 0) is 9.84 Å². The Morgan fingerprint density at radius 1 is 1.47 bits per heavy atom. The quantitative estimate of drug-likeness (QED) is 0.666. The van der Waals surface area contributed by atoms with E-state index in [1.807, 2.05) is 13.8 Å². The van der Waals surface area contributed by atoms with Crippen molar-refractivity contribution in [2.75, 3.05) is 5.75 Å². The molecule has 1 aliphatic rings. The maximum atomic E-state index is 13.4. The van der Waals surface area contributed by atoms with Gasteiger partial charge in [0.2, 0.25) is 0 Å². The maximum absolute atomic E-state index is 13.4. The summed E-state index contributed by atoms with van der Waals surface area (Å²) in [4.78, 5) is 0.200. The first-order chi connectivity index (χ1) is 8.75. The summed E-state index contributed by atoms with van der Waals surface area (Å²) in [6.45, 7) is 3.66. The molecule has 5 heteroatoms. The lowest BCUT2D eigenvalue weighted by Gasteiger charge is -2.32. The molecule has 0 amide bonds. The van der Waals surface area contributed by atoms with E-state index in [4.69, 9.17) is 6.42 Å². The topological polar surface area (TPSA) is 46.2 Å². The molecule has 0 bridgehead atoms. The minimum absolute atomic E-state index is 0.0456. The number of hydrogen-bond acceptors (Lipinski definition) is 3. The van der Waals surface area contributed by atoms with Crippen LogP contribution < -0.4 is 5.32 Å². The number of rotatable bonds is 2. The highest BCUT2D eigenvalue weighted by molar-refractivity contribution is 7.91. The minimum Gasteiger partial charge on any atom is -0.295 e. The Hall–Kier alpha value is -1.38. The van der Waals surface area contributed by atoms with E-state index in [1.165, 1.54) is 18.2 Å². The van der Waals surface area contributed by atoms with E-state index < -0.39 is 21.2 Å². The molecule has 1 aliphatic heterocycles. The van der Waals surface area contributed by atoms with Crippen LogP contribution in [0, 0.1) is 18.2 Å². The van der Waals surface area contributed by atoms with E-state index in [1.54, 1.807) is 0 Å². The summed E-state index contributed by atoms with van der Waals surface area (Å²) in [5, 5.41) is 3.20. The highest BCUT2D eigenvalue weighted by Gasteiger charge is 2.32. The van der Waals surface area contributed by atoms with E-state index in [9.17, 15) is 12.8 Å². The third kappa shape index (κ3) is 2.80. The number of nitrogens with one attached hydrogen (secondary N) is 1. The Bertz CT molecular complexity index is 644. The molecule has 19 heavy (non-hydrogen) atoms. The molecular weight excluding hydrogens is 265 g/mol. The third-order valence-electron chi connectivity index (χ3n) is 3.25. The number of fused-ring (bicyclic) bond motifs is 1. The molecule has 1 unspecified atom stereocenters. The molecule has 0 aliphatic carbocycles. The van der Waals surface area contributed by atoms with E-state index >= 15 is 0 Å². The van der Waals surface area contributed by atoms with Gasteiger partial charge in [-0.25, -0.2) is 12.8 Å². The van der Waals surface area contributed by atoms with Crippen LogP contribution in [0.25, 0.3) is 0 Å². The van der Waals surface area contributed by atoms with Crippen LogP contribution >= 0.6 is 0 Å². The van der Waals surface area contributed by atoms with Crippen molar-refractivity contribution in [3.8, 4) is 12.3 Å². The van der Waals surface area contributed by atoms with Crippen molar-refractivity contribution < 1.29 is 12.8 Å². The lowest BCUT2D eigenvalue weighted by molar-refractivity contribution is 0.392. The first-order valence-corrected chi connectivity index (χ1v) is 7.68. The molecule has 1 atom stereocenters. The van der Waals surface area contributed by atoms with Gasteiger partial charge in [0, 0.05) is 6.04 Å². The molecule has 3 nitrogen and oxygen atoms in total. The smallest absolute Gasteiger partial charge is 0.178 e. The molecule has 1 aromatic carbocycles. The Labute approximate surface area is 113 Å². The van der Waals surface area contributed by atoms with E-state index in [-0.39, 0.29) is 16.7 Å². The highest BCUT2D eigenvalue weighted by atomic mass is 32.2. The average molecular weight is 281 g/mol. The summed E-state index contributed by atoms with van der Waals surface area (Å²) in [6.07, 6.45) is 5.81. The summed E-state index contributed by atoms with van der Waals surface area (Å²) >= 11 is 0. The fourth-order valence-electron chi connectivity index (χ4n) is 2.24. The Kier molecular flexibility index (Phi) is 3.41. The first kappa shape index (κ1) is 14.0. The maximum Gasteiger partial charge on any atom is 0.178 e. The van der Waals surface area contributed by atoms with Crippen LogP contribution in [0.1, 0.15) is 31.9 Å². The molecule has 1 N–H and O–H groups in total.